The highest BCUT2D eigenvalue weighted by atomic mass is 32.1. The molecule has 1 heterocycles. The predicted molar refractivity (Wildman–Crippen MR) is 71.8 cm³/mol. The average Bonchev–Trinajstić information content (AvgIpc) is 2.63. The van der Waals surface area contributed by atoms with Gasteiger partial charge in [-0.3, -0.25) is 4.79 Å². The molecule has 0 radical (unpaired) electrons. The van der Waals surface area contributed by atoms with E-state index in [1.54, 1.807) is 0 Å². The van der Waals surface area contributed by atoms with Crippen LogP contribution in [0.5, 0.6) is 0 Å². The lowest BCUT2D eigenvalue weighted by Crippen LogP contribution is -2.43. The molecule has 17 heavy (non-hydrogen) atoms. The minimum Gasteiger partial charge on any atom is -0.376 e. The second-order valence-corrected chi connectivity index (χ2v) is 6.04. The van der Waals surface area contributed by atoms with Crippen LogP contribution in [-0.4, -0.2) is 30.3 Å². The van der Waals surface area contributed by atoms with Crippen molar-refractivity contribution in [2.45, 2.75) is 46.1 Å². The fraction of sp³-hybridized carbons (Fsp3) is 0.833. The summed E-state index contributed by atoms with van der Waals surface area (Å²) in [7, 11) is 0. The van der Waals surface area contributed by atoms with E-state index in [0.717, 1.165) is 19.4 Å². The van der Waals surface area contributed by atoms with Crippen LogP contribution in [0.2, 0.25) is 0 Å². The van der Waals surface area contributed by atoms with Gasteiger partial charge in [-0.05, 0) is 30.5 Å². The fourth-order valence-electron chi connectivity index (χ4n) is 1.71. The van der Waals surface area contributed by atoms with E-state index in [2.05, 4.69) is 10.6 Å². The highest BCUT2D eigenvalue weighted by Crippen LogP contribution is 2.17. The van der Waals surface area contributed by atoms with Gasteiger partial charge >= 0.3 is 0 Å². The van der Waals surface area contributed by atoms with Crippen molar-refractivity contribution in [1.82, 2.24) is 10.6 Å². The number of hydrogen-bond donors (Lipinski definition) is 2. The normalized spacial score (nSPS) is 20.1. The van der Waals surface area contributed by atoms with Crippen LogP contribution < -0.4 is 10.6 Å². The molecular weight excluding hydrogens is 236 g/mol. The van der Waals surface area contributed by atoms with Crippen molar-refractivity contribution in [2.24, 2.45) is 5.41 Å². The van der Waals surface area contributed by atoms with Crippen LogP contribution in [0.1, 0.15) is 40.0 Å². The highest BCUT2D eigenvalue weighted by molar-refractivity contribution is 7.80. The fourth-order valence-corrected chi connectivity index (χ4v) is 1.91. The molecule has 0 aromatic rings. The lowest BCUT2D eigenvalue weighted by molar-refractivity contribution is -0.121. The van der Waals surface area contributed by atoms with Gasteiger partial charge in [0.05, 0.1) is 6.10 Å². The molecule has 1 rings (SSSR count). The lowest BCUT2D eigenvalue weighted by Gasteiger charge is -2.18. The minimum atomic E-state index is -0.0395. The van der Waals surface area contributed by atoms with E-state index in [-0.39, 0.29) is 17.4 Å². The number of nitrogens with one attached hydrogen (secondary N) is 2. The number of carbonyl (C=O) groups is 1. The molecule has 1 aliphatic rings. The van der Waals surface area contributed by atoms with Gasteiger partial charge in [-0.15, -0.1) is 0 Å². The summed E-state index contributed by atoms with van der Waals surface area (Å²) in [5, 5.41) is 6.10. The molecule has 5 heteroatoms. The molecule has 1 atom stereocenters. The zero-order valence-electron chi connectivity index (χ0n) is 10.8. The van der Waals surface area contributed by atoms with Gasteiger partial charge < -0.3 is 15.4 Å². The molecule has 98 valence electrons. The van der Waals surface area contributed by atoms with Crippen LogP contribution in [0.25, 0.3) is 0 Å². The van der Waals surface area contributed by atoms with Crippen LogP contribution in [0.4, 0.5) is 0 Å². The summed E-state index contributed by atoms with van der Waals surface area (Å²) in [6, 6.07) is 0. The standard InChI is InChI=1S/C12H22N2O2S/c1-12(2,3)7-10(15)14-11(17)13-8-9-5-4-6-16-9/h9H,4-8H2,1-3H3,(H2,13,14,15,17). The van der Waals surface area contributed by atoms with Gasteiger partial charge in [-0.25, -0.2) is 0 Å². The molecule has 0 aromatic heterocycles. The van der Waals surface area contributed by atoms with E-state index >= 15 is 0 Å². The molecule has 1 amide bonds. The summed E-state index contributed by atoms with van der Waals surface area (Å²) < 4.78 is 5.45. The first-order valence-corrected chi connectivity index (χ1v) is 6.47. The molecule has 1 fully saturated rings. The van der Waals surface area contributed by atoms with E-state index in [4.69, 9.17) is 17.0 Å². The molecule has 0 aliphatic carbocycles. The zero-order valence-corrected chi connectivity index (χ0v) is 11.7. The third-order valence-electron chi connectivity index (χ3n) is 2.46. The Balaban J connectivity index is 2.17. The molecule has 0 aromatic carbocycles. The van der Waals surface area contributed by atoms with E-state index in [9.17, 15) is 4.79 Å². The number of amides is 1. The second kappa shape index (κ2) is 6.31. The first-order valence-electron chi connectivity index (χ1n) is 6.06. The number of rotatable bonds is 3. The number of hydrogen-bond acceptors (Lipinski definition) is 3. The smallest absolute Gasteiger partial charge is 0.226 e. The summed E-state index contributed by atoms with van der Waals surface area (Å²) in [5.41, 5.74) is -0.0196. The Morgan fingerprint density at radius 1 is 1.47 bits per heavy atom. The molecule has 0 saturated carbocycles. The minimum absolute atomic E-state index is 0.0196. The largest absolute Gasteiger partial charge is 0.376 e. The second-order valence-electron chi connectivity index (χ2n) is 5.63. The van der Waals surface area contributed by atoms with Crippen LogP contribution in [0, 0.1) is 5.41 Å². The lowest BCUT2D eigenvalue weighted by atomic mass is 9.92. The van der Waals surface area contributed by atoms with Gasteiger partial charge in [-0.2, -0.15) is 0 Å². The quantitative estimate of drug-likeness (QED) is 0.755. The summed E-state index contributed by atoms with van der Waals surface area (Å²) >= 11 is 5.06. The Morgan fingerprint density at radius 2 is 2.18 bits per heavy atom. The van der Waals surface area contributed by atoms with Crippen molar-refractivity contribution in [3.05, 3.63) is 0 Å². The molecule has 0 bridgehead atoms. The van der Waals surface area contributed by atoms with Crippen LogP contribution in [0.3, 0.4) is 0 Å². The Kier molecular flexibility index (Phi) is 5.33. The Morgan fingerprint density at radius 3 is 2.71 bits per heavy atom. The molecule has 1 unspecified atom stereocenters. The van der Waals surface area contributed by atoms with E-state index < -0.39 is 0 Å². The molecule has 1 saturated heterocycles. The van der Waals surface area contributed by atoms with E-state index in [1.807, 2.05) is 20.8 Å². The van der Waals surface area contributed by atoms with Gasteiger partial charge in [0, 0.05) is 19.6 Å². The highest BCUT2D eigenvalue weighted by Gasteiger charge is 2.18. The third-order valence-corrected chi connectivity index (χ3v) is 2.70. The summed E-state index contributed by atoms with van der Waals surface area (Å²) in [5.74, 6) is -0.0395. The van der Waals surface area contributed by atoms with Crippen molar-refractivity contribution < 1.29 is 9.53 Å². The molecule has 4 nitrogen and oxygen atoms in total. The summed E-state index contributed by atoms with van der Waals surface area (Å²) in [6.45, 7) is 7.57. The van der Waals surface area contributed by atoms with Crippen molar-refractivity contribution in [3.8, 4) is 0 Å². The third kappa shape index (κ3) is 6.58. The molecule has 2 N–H and O–H groups in total. The van der Waals surface area contributed by atoms with E-state index in [0.29, 0.717) is 18.1 Å². The molecular formula is C12H22N2O2S. The van der Waals surface area contributed by atoms with Gasteiger partial charge in [0.1, 0.15) is 0 Å². The number of thiocarbonyl (C=S) groups is 1. The topological polar surface area (TPSA) is 50.4 Å². The number of carbonyl (C=O) groups excluding carboxylic acids is 1. The Hall–Kier alpha value is -0.680. The monoisotopic (exact) mass is 258 g/mol. The molecule has 0 spiro atoms. The van der Waals surface area contributed by atoms with Crippen LogP contribution in [-0.2, 0) is 9.53 Å². The maximum absolute atomic E-state index is 11.6. The first-order chi connectivity index (χ1) is 7.87. The maximum atomic E-state index is 11.6. The zero-order chi connectivity index (χ0) is 12.9. The van der Waals surface area contributed by atoms with Crippen molar-refractivity contribution >= 4 is 23.2 Å². The molecule has 1 aliphatic heterocycles. The van der Waals surface area contributed by atoms with Gasteiger partial charge in [0.2, 0.25) is 5.91 Å². The Bertz CT molecular complexity index is 281. The number of ether oxygens (including phenoxy) is 1. The van der Waals surface area contributed by atoms with Crippen LogP contribution in [0.15, 0.2) is 0 Å². The van der Waals surface area contributed by atoms with Gasteiger partial charge in [0.15, 0.2) is 5.11 Å². The summed E-state index contributed by atoms with van der Waals surface area (Å²) in [6.07, 6.45) is 2.86. The van der Waals surface area contributed by atoms with E-state index in [1.165, 1.54) is 0 Å². The van der Waals surface area contributed by atoms with Gasteiger partial charge in [-0.1, -0.05) is 20.8 Å². The van der Waals surface area contributed by atoms with Gasteiger partial charge in [0.25, 0.3) is 0 Å². The Labute approximate surface area is 108 Å². The predicted octanol–water partition coefficient (Wildman–Crippen LogP) is 1.59. The first kappa shape index (κ1) is 14.4. The van der Waals surface area contributed by atoms with Crippen molar-refractivity contribution in [3.63, 3.8) is 0 Å². The summed E-state index contributed by atoms with van der Waals surface area (Å²) in [4.78, 5) is 11.6. The maximum Gasteiger partial charge on any atom is 0.226 e. The van der Waals surface area contributed by atoms with Crippen LogP contribution >= 0.6 is 12.2 Å². The van der Waals surface area contributed by atoms with Crippen molar-refractivity contribution in [1.29, 1.82) is 0 Å². The van der Waals surface area contributed by atoms with Crippen molar-refractivity contribution in [2.75, 3.05) is 13.2 Å². The average molecular weight is 258 g/mol. The SMILES string of the molecule is CC(C)(C)CC(=O)NC(=S)NCC1CCCO1.